The molecule has 4 aromatic carbocycles. The number of hydrogen-bond donors (Lipinski definition) is 4. The summed E-state index contributed by atoms with van der Waals surface area (Å²) >= 11 is 0. The quantitative estimate of drug-likeness (QED) is 0.109. The van der Waals surface area contributed by atoms with E-state index in [0.29, 0.717) is 0 Å². The fraction of sp³-hybridized carbons (Fsp3) is 0.214. The lowest BCUT2D eigenvalue weighted by Crippen LogP contribution is -2.20. The largest absolute Gasteiger partial charge is 0.496 e. The molecule has 0 amide bonds. The summed E-state index contributed by atoms with van der Waals surface area (Å²) in [5.41, 5.74) is 15.1. The van der Waals surface area contributed by atoms with Crippen LogP contribution in [-0.2, 0) is 0 Å². The van der Waals surface area contributed by atoms with Crippen molar-refractivity contribution in [2.75, 3.05) is 104 Å². The molecule has 12 heteroatoms. The zero-order valence-electron chi connectivity index (χ0n) is 41.0. The van der Waals surface area contributed by atoms with Gasteiger partial charge in [0.25, 0.3) is 0 Å². The van der Waals surface area contributed by atoms with Gasteiger partial charge in [-0.1, -0.05) is 0 Å². The SMILES string of the molecule is COc1cc(N(C)C)ccc1C1=c2ccc([nH]2)=C(c2ccc(N(C)C)cc2OC)c2ccc([nH]2)C(c2ccc(N(C)C)cc2OC)=c2ccc([nH]2)=C(c2ccc(N(C)C)cc2OC)c2ccc1[nH]2. The highest BCUT2D eigenvalue weighted by Crippen LogP contribution is 2.38. The molecule has 12 nitrogen and oxygen atoms in total. The van der Waals surface area contributed by atoms with Crippen LogP contribution in [0.3, 0.4) is 0 Å². The fourth-order valence-corrected chi connectivity index (χ4v) is 9.15. The number of fused-ring (bicyclic) bond motifs is 8. The Kier molecular flexibility index (Phi) is 12.1. The van der Waals surface area contributed by atoms with E-state index in [4.69, 9.17) is 18.9 Å². The predicted octanol–water partition coefficient (Wildman–Crippen LogP) is 6.60. The first-order valence-corrected chi connectivity index (χ1v) is 22.5. The van der Waals surface area contributed by atoms with E-state index in [1.165, 1.54) is 0 Å². The van der Waals surface area contributed by atoms with E-state index < -0.39 is 0 Å². The second kappa shape index (κ2) is 18.3. The molecule has 4 aromatic heterocycles. The summed E-state index contributed by atoms with van der Waals surface area (Å²) in [5.74, 6) is 2.96. The number of H-pyrrole nitrogens is 4. The number of benzene rings is 4. The standard InChI is InChI=1S/C56H60N8O4/c1-61(2)33-13-17-37(49(29-33)65-9)53-41-21-23-43(57-41)54(38-18-14-34(62(3)4)30-50(38)66-10)45-25-27-47(59-45)56(40-20-16-36(64(7)8)32-52(40)68-12)48-28-26-46(60-48)55(44-24-22-42(53)58-44)39-19-15-35(63(5)6)31-51(39)67-11/h13-32,57-60H,1-12H3. The molecule has 0 spiro atoms. The van der Waals surface area contributed by atoms with Gasteiger partial charge in [0.2, 0.25) is 0 Å². The second-order valence-corrected chi connectivity index (χ2v) is 17.8. The number of rotatable bonds is 12. The molecule has 348 valence electrons. The molecule has 9 rings (SSSR count). The Morgan fingerprint density at radius 2 is 0.500 bits per heavy atom. The van der Waals surface area contributed by atoms with Gasteiger partial charge in [-0.2, -0.15) is 0 Å². The molecule has 0 aliphatic carbocycles. The molecule has 4 N–H and O–H groups in total. The Hall–Kier alpha value is -8.12. The Bertz CT molecular complexity index is 2990. The van der Waals surface area contributed by atoms with Crippen LogP contribution in [0.25, 0.3) is 22.3 Å². The number of aromatic nitrogens is 4. The minimum Gasteiger partial charge on any atom is -0.496 e. The molecule has 0 fully saturated rings. The van der Waals surface area contributed by atoms with E-state index in [2.05, 4.69) is 161 Å². The first-order valence-electron chi connectivity index (χ1n) is 22.5. The minimum atomic E-state index is 0.739. The van der Waals surface area contributed by atoms with Crippen LogP contribution < -0.4 is 59.9 Å². The van der Waals surface area contributed by atoms with Gasteiger partial charge in [0, 0.05) is 192 Å². The number of ether oxygens (including phenoxy) is 4. The summed E-state index contributed by atoms with van der Waals surface area (Å²) in [6.45, 7) is 0. The van der Waals surface area contributed by atoms with Gasteiger partial charge in [-0.25, -0.2) is 0 Å². The van der Waals surface area contributed by atoms with Gasteiger partial charge >= 0.3 is 0 Å². The van der Waals surface area contributed by atoms with E-state index in [1.807, 2.05) is 56.4 Å². The van der Waals surface area contributed by atoms with Crippen molar-refractivity contribution in [2.45, 2.75) is 0 Å². The van der Waals surface area contributed by atoms with Gasteiger partial charge in [0.15, 0.2) is 0 Å². The third-order valence-corrected chi connectivity index (χ3v) is 12.8. The molecule has 0 saturated carbocycles. The van der Waals surface area contributed by atoms with Gasteiger partial charge in [0.05, 0.1) is 28.4 Å². The Morgan fingerprint density at radius 1 is 0.279 bits per heavy atom. The lowest BCUT2D eigenvalue weighted by molar-refractivity contribution is 0.413. The van der Waals surface area contributed by atoms with E-state index in [0.717, 1.165) is 134 Å². The average Bonchev–Trinajstić information content (AvgIpc) is 4.20. The van der Waals surface area contributed by atoms with Crippen LogP contribution in [0.1, 0.15) is 45.0 Å². The molecule has 0 radical (unpaired) electrons. The van der Waals surface area contributed by atoms with Gasteiger partial charge < -0.3 is 58.5 Å². The lowest BCUT2D eigenvalue weighted by Gasteiger charge is -2.18. The first kappa shape index (κ1) is 45.1. The van der Waals surface area contributed by atoms with E-state index in [1.54, 1.807) is 28.4 Å². The van der Waals surface area contributed by atoms with Crippen molar-refractivity contribution in [3.8, 4) is 23.0 Å². The number of aromatic amines is 4. The highest BCUT2D eigenvalue weighted by atomic mass is 16.5. The zero-order valence-corrected chi connectivity index (χ0v) is 41.0. The summed E-state index contributed by atoms with van der Waals surface area (Å²) in [5, 5.41) is 3.55. The Balaban J connectivity index is 1.46. The second-order valence-electron chi connectivity index (χ2n) is 17.8. The van der Waals surface area contributed by atoms with Gasteiger partial charge in [-0.15, -0.1) is 0 Å². The molecule has 0 saturated heterocycles. The van der Waals surface area contributed by atoms with Crippen LogP contribution in [0.5, 0.6) is 23.0 Å². The van der Waals surface area contributed by atoms with Crippen molar-refractivity contribution < 1.29 is 18.9 Å². The lowest BCUT2D eigenvalue weighted by atomic mass is 10.0. The molecule has 68 heavy (non-hydrogen) atoms. The van der Waals surface area contributed by atoms with Crippen molar-refractivity contribution >= 4 is 45.0 Å². The topological polar surface area (TPSA) is 113 Å². The normalized spacial score (nSPS) is 12.3. The van der Waals surface area contributed by atoms with Crippen LogP contribution in [0, 0.1) is 0 Å². The van der Waals surface area contributed by atoms with E-state index >= 15 is 0 Å². The molecule has 0 atom stereocenters. The Labute approximate surface area is 397 Å². The van der Waals surface area contributed by atoms with Crippen molar-refractivity contribution in [1.82, 2.24) is 19.9 Å². The maximum atomic E-state index is 6.20. The highest BCUT2D eigenvalue weighted by molar-refractivity contribution is 5.89. The molecule has 0 unspecified atom stereocenters. The Morgan fingerprint density at radius 3 is 0.691 bits per heavy atom. The van der Waals surface area contributed by atoms with Crippen molar-refractivity contribution in [3.63, 3.8) is 0 Å². The van der Waals surface area contributed by atoms with Gasteiger partial charge in [-0.05, 0) is 97.1 Å². The average molecular weight is 909 g/mol. The van der Waals surface area contributed by atoms with Crippen molar-refractivity contribution in [1.29, 1.82) is 0 Å². The van der Waals surface area contributed by atoms with Crippen LogP contribution >= 0.6 is 0 Å². The minimum absolute atomic E-state index is 0.739. The summed E-state index contributed by atoms with van der Waals surface area (Å²) in [4.78, 5) is 23.9. The van der Waals surface area contributed by atoms with Crippen LogP contribution in [0.4, 0.5) is 22.7 Å². The van der Waals surface area contributed by atoms with Crippen molar-refractivity contribution in [3.05, 3.63) is 188 Å². The van der Waals surface area contributed by atoms with E-state index in [-0.39, 0.29) is 0 Å². The van der Waals surface area contributed by atoms with Crippen LogP contribution in [0.15, 0.2) is 121 Å². The zero-order chi connectivity index (χ0) is 48.0. The predicted molar refractivity (Wildman–Crippen MR) is 277 cm³/mol. The number of hydrogen-bond acceptors (Lipinski definition) is 8. The summed E-state index contributed by atoms with van der Waals surface area (Å²) < 4.78 is 24.8. The molecule has 5 heterocycles. The maximum Gasteiger partial charge on any atom is 0.128 e. The smallest absolute Gasteiger partial charge is 0.128 e. The number of nitrogens with one attached hydrogen (secondary N) is 4. The summed E-state index contributed by atoms with van der Waals surface area (Å²) in [6, 6.07) is 42.5. The molecule has 1 aliphatic rings. The number of anilines is 4. The van der Waals surface area contributed by atoms with Crippen molar-refractivity contribution in [2.24, 2.45) is 0 Å². The number of nitrogens with zero attached hydrogens (tertiary/aromatic N) is 4. The highest BCUT2D eigenvalue weighted by Gasteiger charge is 2.24. The molecule has 8 aromatic rings. The monoisotopic (exact) mass is 908 g/mol. The molecule has 8 bridgehead atoms. The summed E-state index contributed by atoms with van der Waals surface area (Å²) in [6.07, 6.45) is 0. The van der Waals surface area contributed by atoms with Crippen LogP contribution in [-0.4, -0.2) is 105 Å². The number of methoxy groups -OCH3 is 4. The third kappa shape index (κ3) is 8.12. The van der Waals surface area contributed by atoms with Gasteiger partial charge in [-0.3, -0.25) is 0 Å². The van der Waals surface area contributed by atoms with E-state index in [9.17, 15) is 0 Å². The molecular weight excluding hydrogens is 849 g/mol. The maximum absolute atomic E-state index is 6.20. The molecular formula is C56H60N8O4. The third-order valence-electron chi connectivity index (χ3n) is 12.8. The molecule has 1 aliphatic heterocycles. The van der Waals surface area contributed by atoms with Gasteiger partial charge in [0.1, 0.15) is 23.0 Å². The first-order chi connectivity index (χ1) is 32.8. The fourth-order valence-electron chi connectivity index (χ4n) is 9.15. The van der Waals surface area contributed by atoms with Crippen LogP contribution in [0.2, 0.25) is 0 Å². The summed E-state index contributed by atoms with van der Waals surface area (Å²) in [7, 11) is 23.2.